The van der Waals surface area contributed by atoms with Crippen LogP contribution >= 0.6 is 0 Å². The summed E-state index contributed by atoms with van der Waals surface area (Å²) < 4.78 is 0. The largest absolute Gasteiger partial charge is 0.394 e. The average Bonchev–Trinajstić information content (AvgIpc) is 2.98. The molecule has 0 spiro atoms. The molecule has 1 amide bonds. The van der Waals surface area contributed by atoms with E-state index in [1.807, 2.05) is 6.08 Å². The van der Waals surface area contributed by atoms with Crippen molar-refractivity contribution in [3.63, 3.8) is 0 Å². The number of aliphatic hydroxyl groups is 4. The average molecular weight is 582 g/mol. The fourth-order valence-electron chi connectivity index (χ4n) is 5.05. The molecule has 0 aromatic heterocycles. The lowest BCUT2D eigenvalue weighted by molar-refractivity contribution is -0.132. The van der Waals surface area contributed by atoms with Gasteiger partial charge in [-0.1, -0.05) is 128 Å². The van der Waals surface area contributed by atoms with Gasteiger partial charge in [-0.2, -0.15) is 0 Å². The summed E-state index contributed by atoms with van der Waals surface area (Å²) in [5.41, 5.74) is 0. The zero-order valence-corrected chi connectivity index (χ0v) is 26.8. The third-order valence-electron chi connectivity index (χ3n) is 7.89. The number of amides is 1. The van der Waals surface area contributed by atoms with Gasteiger partial charge in [-0.05, 0) is 57.8 Å². The summed E-state index contributed by atoms with van der Waals surface area (Å²) in [5, 5.41) is 43.1. The van der Waals surface area contributed by atoms with Crippen molar-refractivity contribution in [3.8, 4) is 0 Å². The highest BCUT2D eigenvalue weighted by Gasteiger charge is 2.28. The lowest BCUT2D eigenvalue weighted by Gasteiger charge is -2.27. The highest BCUT2D eigenvalue weighted by molar-refractivity contribution is 5.80. The van der Waals surface area contributed by atoms with E-state index >= 15 is 0 Å². The summed E-state index contributed by atoms with van der Waals surface area (Å²) in [4.78, 5) is 12.3. The first kappa shape index (κ1) is 39.8. The van der Waals surface area contributed by atoms with Crippen LogP contribution < -0.4 is 5.32 Å². The van der Waals surface area contributed by atoms with E-state index in [0.717, 1.165) is 25.7 Å². The van der Waals surface area contributed by atoms with Gasteiger partial charge in [0.15, 0.2) is 0 Å². The van der Waals surface area contributed by atoms with E-state index in [1.54, 1.807) is 0 Å². The molecule has 4 unspecified atom stereocenters. The standard InChI is InChI=1S/C35H67NO5/c1-3-5-7-9-11-13-14-15-16-17-18-19-20-21-23-24-26-28-32(38)34(40)31(30-37)36-35(41)33(39)29-27-25-22-12-10-8-6-4-2/h21-23,25,31-34,37-40H,3-20,24,26-30H2,1-2H3,(H,36,41)/b23-21+,25-22-. The Balaban J connectivity index is 3.88. The second-order valence-electron chi connectivity index (χ2n) is 11.8. The van der Waals surface area contributed by atoms with Gasteiger partial charge in [-0.25, -0.2) is 0 Å². The van der Waals surface area contributed by atoms with Crippen molar-refractivity contribution >= 4 is 5.91 Å². The third-order valence-corrected chi connectivity index (χ3v) is 7.89. The van der Waals surface area contributed by atoms with Gasteiger partial charge in [0.2, 0.25) is 5.91 Å². The lowest BCUT2D eigenvalue weighted by atomic mass is 10.00. The zero-order chi connectivity index (χ0) is 30.4. The summed E-state index contributed by atoms with van der Waals surface area (Å²) in [7, 11) is 0. The van der Waals surface area contributed by atoms with Crippen molar-refractivity contribution in [1.82, 2.24) is 5.32 Å². The second-order valence-corrected chi connectivity index (χ2v) is 11.8. The summed E-state index contributed by atoms with van der Waals surface area (Å²) in [5.74, 6) is -0.632. The van der Waals surface area contributed by atoms with Gasteiger partial charge in [0, 0.05) is 0 Å². The van der Waals surface area contributed by atoms with Gasteiger partial charge in [0.25, 0.3) is 0 Å². The maximum absolute atomic E-state index is 12.3. The number of hydrogen-bond acceptors (Lipinski definition) is 5. The fourth-order valence-corrected chi connectivity index (χ4v) is 5.05. The molecule has 0 aliphatic rings. The monoisotopic (exact) mass is 582 g/mol. The SMILES string of the molecule is CCCCCC/C=C\CCC(O)C(=O)NC(CO)C(O)C(O)CCC/C=C/CCCCCCCCCCCCCC. The molecule has 0 radical (unpaired) electrons. The number of rotatable bonds is 30. The molecule has 6 heteroatoms. The molecule has 0 bridgehead atoms. The number of allylic oxidation sites excluding steroid dienone is 4. The Labute approximate surface area is 253 Å². The first-order valence-electron chi connectivity index (χ1n) is 17.2. The molecule has 6 nitrogen and oxygen atoms in total. The van der Waals surface area contributed by atoms with E-state index in [-0.39, 0.29) is 6.42 Å². The minimum atomic E-state index is -1.29. The lowest BCUT2D eigenvalue weighted by Crippen LogP contribution is -2.53. The Morgan fingerprint density at radius 2 is 1.00 bits per heavy atom. The van der Waals surface area contributed by atoms with Gasteiger partial charge in [-0.3, -0.25) is 4.79 Å². The Bertz CT molecular complexity index is 624. The van der Waals surface area contributed by atoms with Crippen molar-refractivity contribution in [2.75, 3.05) is 6.61 Å². The highest BCUT2D eigenvalue weighted by Crippen LogP contribution is 2.14. The number of carbonyl (C=O) groups excluding carboxylic acids is 1. The molecule has 0 aliphatic carbocycles. The molecule has 0 rings (SSSR count). The van der Waals surface area contributed by atoms with E-state index in [2.05, 4.69) is 37.4 Å². The second kappa shape index (κ2) is 30.3. The summed E-state index contributed by atoms with van der Waals surface area (Å²) in [6.45, 7) is 3.94. The van der Waals surface area contributed by atoms with Crippen LogP contribution in [0.4, 0.5) is 0 Å². The van der Waals surface area contributed by atoms with Crippen LogP contribution in [0.5, 0.6) is 0 Å². The van der Waals surface area contributed by atoms with E-state index < -0.39 is 36.9 Å². The Kier molecular flexibility index (Phi) is 29.4. The summed E-state index contributed by atoms with van der Waals surface area (Å²) in [6, 6.07) is -1.01. The van der Waals surface area contributed by atoms with Crippen LogP contribution in [-0.4, -0.2) is 57.3 Å². The van der Waals surface area contributed by atoms with E-state index in [0.29, 0.717) is 19.3 Å². The van der Waals surface area contributed by atoms with Crippen LogP contribution in [0.1, 0.15) is 162 Å². The predicted octanol–water partition coefficient (Wildman–Crippen LogP) is 7.67. The molecule has 0 aliphatic heterocycles. The molecule has 0 heterocycles. The van der Waals surface area contributed by atoms with Gasteiger partial charge >= 0.3 is 0 Å². The molecule has 0 saturated heterocycles. The minimum Gasteiger partial charge on any atom is -0.394 e. The molecule has 242 valence electrons. The van der Waals surface area contributed by atoms with Crippen molar-refractivity contribution in [2.24, 2.45) is 0 Å². The first-order valence-corrected chi connectivity index (χ1v) is 17.2. The van der Waals surface area contributed by atoms with E-state index in [9.17, 15) is 25.2 Å². The minimum absolute atomic E-state index is 0.277. The van der Waals surface area contributed by atoms with Gasteiger partial charge in [0.05, 0.1) is 18.8 Å². The molecule has 5 N–H and O–H groups in total. The number of aliphatic hydroxyl groups excluding tert-OH is 4. The molecule has 0 fully saturated rings. The normalized spacial score (nSPS) is 15.0. The molecular weight excluding hydrogens is 514 g/mol. The quantitative estimate of drug-likeness (QED) is 0.0442. The van der Waals surface area contributed by atoms with Crippen LogP contribution in [0, 0.1) is 0 Å². The van der Waals surface area contributed by atoms with Crippen molar-refractivity contribution < 1.29 is 25.2 Å². The van der Waals surface area contributed by atoms with Crippen LogP contribution in [0.25, 0.3) is 0 Å². The number of carbonyl (C=O) groups is 1. The summed E-state index contributed by atoms with van der Waals surface area (Å²) in [6.07, 6.45) is 30.8. The fraction of sp³-hybridized carbons (Fsp3) is 0.857. The Morgan fingerprint density at radius 3 is 1.49 bits per heavy atom. The zero-order valence-electron chi connectivity index (χ0n) is 26.8. The van der Waals surface area contributed by atoms with E-state index in [1.165, 1.54) is 96.3 Å². The Morgan fingerprint density at radius 1 is 0.585 bits per heavy atom. The highest BCUT2D eigenvalue weighted by atomic mass is 16.3. The summed E-state index contributed by atoms with van der Waals surface area (Å²) >= 11 is 0. The number of nitrogens with one attached hydrogen (secondary N) is 1. The maximum atomic E-state index is 12.3. The smallest absolute Gasteiger partial charge is 0.249 e. The predicted molar refractivity (Wildman–Crippen MR) is 173 cm³/mol. The first-order chi connectivity index (χ1) is 20.0. The molecule has 41 heavy (non-hydrogen) atoms. The maximum Gasteiger partial charge on any atom is 0.249 e. The van der Waals surface area contributed by atoms with Gasteiger partial charge < -0.3 is 25.7 Å². The molecule has 0 aromatic carbocycles. The number of unbranched alkanes of at least 4 members (excludes halogenated alkanes) is 17. The molecular formula is C35H67NO5. The Hall–Kier alpha value is -1.21. The molecule has 4 atom stereocenters. The van der Waals surface area contributed by atoms with Gasteiger partial charge in [-0.15, -0.1) is 0 Å². The van der Waals surface area contributed by atoms with Crippen LogP contribution in [0.15, 0.2) is 24.3 Å². The molecule has 0 saturated carbocycles. The topological polar surface area (TPSA) is 110 Å². The van der Waals surface area contributed by atoms with Crippen LogP contribution in [0.2, 0.25) is 0 Å². The van der Waals surface area contributed by atoms with Crippen molar-refractivity contribution in [2.45, 2.75) is 186 Å². The van der Waals surface area contributed by atoms with Crippen LogP contribution in [0.3, 0.4) is 0 Å². The number of hydrogen-bond donors (Lipinski definition) is 5. The van der Waals surface area contributed by atoms with Crippen molar-refractivity contribution in [1.29, 1.82) is 0 Å². The molecule has 0 aromatic rings. The van der Waals surface area contributed by atoms with Gasteiger partial charge in [0.1, 0.15) is 12.2 Å². The third kappa shape index (κ3) is 25.0. The van der Waals surface area contributed by atoms with E-state index in [4.69, 9.17) is 0 Å². The van der Waals surface area contributed by atoms with Crippen molar-refractivity contribution in [3.05, 3.63) is 24.3 Å². The van der Waals surface area contributed by atoms with Crippen LogP contribution in [-0.2, 0) is 4.79 Å².